The first-order chi connectivity index (χ1) is 30.1. The molecule has 0 fully saturated rings. The lowest BCUT2D eigenvalue weighted by Crippen LogP contribution is -2.42. The summed E-state index contributed by atoms with van der Waals surface area (Å²) in [5, 5.41) is 0. The van der Waals surface area contributed by atoms with Crippen LogP contribution in [0.15, 0.2) is 87.5 Å². The summed E-state index contributed by atoms with van der Waals surface area (Å²) in [4.78, 5) is 41.8. The summed E-state index contributed by atoms with van der Waals surface area (Å²) in [5.74, 6) is 0. The number of hydrogen-bond donors (Lipinski definition) is 0. The average Bonchev–Trinajstić information content (AvgIpc) is 3.16. The first kappa shape index (κ1) is 53.2. The van der Waals surface area contributed by atoms with Gasteiger partial charge in [0.15, 0.2) is 0 Å². The molecule has 15 nitrogen and oxygen atoms in total. The molecule has 0 aliphatic rings. The number of aryl methyl sites for hydroxylation is 3. The maximum Gasteiger partial charge on any atom is 0.424 e. The van der Waals surface area contributed by atoms with Crippen molar-refractivity contribution in [2.75, 3.05) is 0 Å². The first-order valence-electron chi connectivity index (χ1n) is 21.1. The highest BCUT2D eigenvalue weighted by Crippen LogP contribution is 2.35. The van der Waals surface area contributed by atoms with Gasteiger partial charge in [-0.05, 0) is 174 Å². The minimum Gasteiger partial charge on any atom is -0.443 e. The zero-order chi connectivity index (χ0) is 50.1. The van der Waals surface area contributed by atoms with Crippen LogP contribution in [-0.4, -0.2) is 73.3 Å². The Morgan fingerprint density at radius 3 is 0.727 bits per heavy atom. The fourth-order valence-corrected chi connectivity index (χ4v) is 10.5. The summed E-state index contributed by atoms with van der Waals surface area (Å²) in [6, 6.07) is 17.5. The molecule has 66 heavy (non-hydrogen) atoms. The van der Waals surface area contributed by atoms with Crippen molar-refractivity contribution in [3.8, 4) is 0 Å². The van der Waals surface area contributed by atoms with Crippen molar-refractivity contribution >= 4 is 48.3 Å². The van der Waals surface area contributed by atoms with Gasteiger partial charge in [-0.25, -0.2) is 39.6 Å². The van der Waals surface area contributed by atoms with Crippen molar-refractivity contribution in [3.63, 3.8) is 0 Å². The summed E-state index contributed by atoms with van der Waals surface area (Å²) in [5.41, 5.74) is -0.111. The van der Waals surface area contributed by atoms with E-state index in [0.29, 0.717) is 12.9 Å². The van der Waals surface area contributed by atoms with Crippen molar-refractivity contribution in [2.24, 2.45) is 0 Å². The third kappa shape index (κ3) is 12.7. The SMILES string of the molecule is Cc1ccc(S(=O)(=O)N(Cc2c(C)c(CN(C(=O)OC(C)(C)C)S(=O)(=O)c3ccc(C)cc3)c(C)c(CN(C(=O)OC(C)(C)C)S(=O)(=O)c3ccc(C)cc3)c2C)C(=O)OC(C)(C)C)cc1. The molecule has 0 heterocycles. The van der Waals surface area contributed by atoms with Gasteiger partial charge in [-0.15, -0.1) is 0 Å². The lowest BCUT2D eigenvalue weighted by Gasteiger charge is -2.32. The number of carbonyl (C=O) groups excluding carboxylic acids is 3. The number of sulfonamides is 3. The maximum absolute atomic E-state index is 14.6. The van der Waals surface area contributed by atoms with Gasteiger partial charge in [0.2, 0.25) is 0 Å². The smallest absolute Gasteiger partial charge is 0.424 e. The van der Waals surface area contributed by atoms with Crippen LogP contribution in [0.2, 0.25) is 0 Å². The zero-order valence-corrected chi connectivity index (χ0v) is 43.0. The molecule has 18 heteroatoms. The molecule has 0 N–H and O–H groups in total. The molecule has 0 spiro atoms. The molecule has 0 bridgehead atoms. The standard InChI is InChI=1S/C48H63N3O12S3/c1-31-16-22-37(23-17-31)64(55,56)49(43(52)61-46(7,8)9)28-40-34(4)41(29-50(44(53)62-47(10,11)12)65(57,58)38-24-18-32(2)19-25-38)36(6)42(35(40)5)30-51(45(54)63-48(13,14)15)66(59,60)39-26-20-33(3)21-27-39/h16-27H,28-30H2,1-15H3. The minimum absolute atomic E-state index is 0.126. The van der Waals surface area contributed by atoms with E-state index in [4.69, 9.17) is 14.2 Å². The predicted octanol–water partition coefficient (Wildman–Crippen LogP) is 9.92. The van der Waals surface area contributed by atoms with Crippen molar-refractivity contribution in [1.29, 1.82) is 0 Å². The third-order valence-corrected chi connectivity index (χ3v) is 15.4. The van der Waals surface area contributed by atoms with E-state index < -0.39 is 84.8 Å². The molecule has 3 amide bonds. The van der Waals surface area contributed by atoms with Gasteiger partial charge < -0.3 is 14.2 Å². The normalized spacial score (nSPS) is 12.6. The fourth-order valence-electron chi connectivity index (χ4n) is 6.73. The average molecular weight is 970 g/mol. The second-order valence-corrected chi connectivity index (χ2v) is 24.8. The van der Waals surface area contributed by atoms with Gasteiger partial charge in [0, 0.05) is 0 Å². The Labute approximate surface area is 391 Å². The molecule has 4 aromatic rings. The molecule has 0 aliphatic heterocycles. The van der Waals surface area contributed by atoms with Gasteiger partial charge in [0.05, 0.1) is 34.3 Å². The Morgan fingerprint density at radius 2 is 0.561 bits per heavy atom. The Morgan fingerprint density at radius 1 is 0.379 bits per heavy atom. The number of carbonyl (C=O) groups is 3. The largest absolute Gasteiger partial charge is 0.443 e. The van der Waals surface area contributed by atoms with Crippen LogP contribution in [0.25, 0.3) is 0 Å². The van der Waals surface area contributed by atoms with Crippen LogP contribution >= 0.6 is 0 Å². The molecule has 0 saturated heterocycles. The second kappa shape index (κ2) is 19.4. The Kier molecular flexibility index (Phi) is 15.6. The van der Waals surface area contributed by atoms with Crippen LogP contribution < -0.4 is 0 Å². The van der Waals surface area contributed by atoms with E-state index in [1.165, 1.54) is 36.4 Å². The van der Waals surface area contributed by atoms with E-state index in [1.807, 2.05) is 0 Å². The highest BCUT2D eigenvalue weighted by molar-refractivity contribution is 7.90. The van der Waals surface area contributed by atoms with E-state index in [1.54, 1.807) is 140 Å². The molecule has 0 aliphatic carbocycles. The van der Waals surface area contributed by atoms with Gasteiger partial charge in [-0.2, -0.15) is 12.9 Å². The first-order valence-corrected chi connectivity index (χ1v) is 25.5. The van der Waals surface area contributed by atoms with Crippen molar-refractivity contribution < 1.29 is 53.8 Å². The molecule has 0 saturated carbocycles. The third-order valence-electron chi connectivity index (χ3n) is 10.2. The molecule has 0 radical (unpaired) electrons. The van der Waals surface area contributed by atoms with Crippen LogP contribution in [0.3, 0.4) is 0 Å². The molecular formula is C48H63N3O12S3. The van der Waals surface area contributed by atoms with E-state index in [9.17, 15) is 39.6 Å². The molecule has 4 aromatic carbocycles. The lowest BCUT2D eigenvalue weighted by atomic mass is 9.88. The van der Waals surface area contributed by atoms with E-state index in [0.717, 1.165) is 16.7 Å². The summed E-state index contributed by atoms with van der Waals surface area (Å²) in [6.45, 7) is 22.0. The van der Waals surface area contributed by atoms with E-state index in [-0.39, 0.29) is 48.1 Å². The summed E-state index contributed by atoms with van der Waals surface area (Å²) in [6.07, 6.45) is -3.71. The van der Waals surface area contributed by atoms with Crippen LogP contribution in [0.5, 0.6) is 0 Å². The Hall–Kier alpha value is -5.46. The Balaban J connectivity index is 2.14. The van der Waals surface area contributed by atoms with Crippen LogP contribution in [0.4, 0.5) is 14.4 Å². The summed E-state index contributed by atoms with van der Waals surface area (Å²) < 4.78 is 106. The van der Waals surface area contributed by atoms with Gasteiger partial charge in [-0.1, -0.05) is 53.1 Å². The number of hydrogen-bond acceptors (Lipinski definition) is 12. The predicted molar refractivity (Wildman–Crippen MR) is 251 cm³/mol. The quantitative estimate of drug-likeness (QED) is 0.122. The van der Waals surface area contributed by atoms with Crippen molar-refractivity contribution in [2.45, 2.75) is 155 Å². The number of nitrogens with zero attached hydrogens (tertiary/aromatic N) is 3. The number of benzene rings is 4. The number of amides is 3. The highest BCUT2D eigenvalue weighted by Gasteiger charge is 2.39. The molecular weight excluding hydrogens is 907 g/mol. The number of ether oxygens (including phenoxy) is 3. The highest BCUT2D eigenvalue weighted by atomic mass is 32.2. The minimum atomic E-state index is -4.70. The van der Waals surface area contributed by atoms with Gasteiger partial charge in [0.25, 0.3) is 30.1 Å². The zero-order valence-electron chi connectivity index (χ0n) is 40.5. The molecule has 0 aromatic heterocycles. The van der Waals surface area contributed by atoms with E-state index in [2.05, 4.69) is 0 Å². The van der Waals surface area contributed by atoms with Crippen LogP contribution in [-0.2, 0) is 63.9 Å². The van der Waals surface area contributed by atoms with Crippen LogP contribution in [0.1, 0.15) is 112 Å². The Bertz CT molecular complexity index is 2470. The van der Waals surface area contributed by atoms with Crippen molar-refractivity contribution in [3.05, 3.63) is 123 Å². The van der Waals surface area contributed by atoms with Gasteiger partial charge in [0.1, 0.15) is 16.8 Å². The maximum atomic E-state index is 14.6. The second-order valence-electron chi connectivity index (χ2n) is 19.2. The molecule has 360 valence electrons. The summed E-state index contributed by atoms with van der Waals surface area (Å²) >= 11 is 0. The molecule has 0 unspecified atom stereocenters. The van der Waals surface area contributed by atoms with Gasteiger partial charge >= 0.3 is 18.3 Å². The fraction of sp³-hybridized carbons (Fsp3) is 0.438. The molecule has 4 rings (SSSR count). The molecule has 0 atom stereocenters. The van der Waals surface area contributed by atoms with Crippen LogP contribution in [0, 0.1) is 41.5 Å². The van der Waals surface area contributed by atoms with Crippen molar-refractivity contribution in [1.82, 2.24) is 12.9 Å². The van der Waals surface area contributed by atoms with E-state index >= 15 is 0 Å². The number of rotatable bonds is 12. The summed E-state index contributed by atoms with van der Waals surface area (Å²) in [7, 11) is -14.1. The monoisotopic (exact) mass is 969 g/mol. The lowest BCUT2D eigenvalue weighted by molar-refractivity contribution is 0.0371. The topological polar surface area (TPSA) is 191 Å². The van der Waals surface area contributed by atoms with Gasteiger partial charge in [-0.3, -0.25) is 0 Å².